The second-order valence-corrected chi connectivity index (χ2v) is 2.60. The van der Waals surface area contributed by atoms with E-state index in [1.165, 1.54) is 0 Å². The summed E-state index contributed by atoms with van der Waals surface area (Å²) < 4.78 is 0. The van der Waals surface area contributed by atoms with Gasteiger partial charge >= 0.3 is 6.09 Å². The summed E-state index contributed by atoms with van der Waals surface area (Å²) >= 11 is 0. The number of carbonyl (C=O) groups is 1. The molecule has 0 fully saturated rings. The Bertz CT molecular complexity index is 273. The van der Waals surface area contributed by atoms with Crippen LogP contribution in [0.5, 0.6) is 0 Å². The van der Waals surface area contributed by atoms with E-state index < -0.39 is 12.1 Å². The van der Waals surface area contributed by atoms with Crippen molar-refractivity contribution in [2.24, 2.45) is 0 Å². The summed E-state index contributed by atoms with van der Waals surface area (Å²) in [5.41, 5.74) is 0.757. The molecular weight excluding hydrogens is 170 g/mol. The lowest BCUT2D eigenvalue weighted by atomic mass is 10.1. The Labute approximate surface area is 75.8 Å². The Morgan fingerprint density at radius 2 is 2.00 bits per heavy atom. The average Bonchev–Trinajstić information content (AvgIpc) is 2.15. The van der Waals surface area contributed by atoms with Gasteiger partial charge in [-0.2, -0.15) is 0 Å². The van der Waals surface area contributed by atoms with Crippen LogP contribution in [0.2, 0.25) is 0 Å². The normalized spacial score (nSPS) is 12.1. The lowest BCUT2D eigenvalue weighted by Gasteiger charge is -2.13. The van der Waals surface area contributed by atoms with E-state index in [9.17, 15) is 4.79 Å². The van der Waals surface area contributed by atoms with Crippen LogP contribution in [0.4, 0.5) is 4.79 Å². The maximum Gasteiger partial charge on any atom is 0.405 e. The highest BCUT2D eigenvalue weighted by molar-refractivity contribution is 5.65. The van der Waals surface area contributed by atoms with Crippen molar-refractivity contribution in [3.05, 3.63) is 35.9 Å². The number of hydrogen-bond acceptors (Lipinski definition) is 2. The zero-order valence-corrected chi connectivity index (χ0v) is 6.97. The fraction of sp³-hybridized carbons (Fsp3) is 0.222. The number of aliphatic hydroxyl groups excluding tert-OH is 1. The topological polar surface area (TPSA) is 69.6 Å². The van der Waals surface area contributed by atoms with Crippen LogP contribution in [0.25, 0.3) is 0 Å². The molecule has 1 amide bonds. The monoisotopic (exact) mass is 181 g/mol. The molecule has 0 saturated carbocycles. The van der Waals surface area contributed by atoms with Gasteiger partial charge in [-0.3, -0.25) is 0 Å². The molecule has 70 valence electrons. The van der Waals surface area contributed by atoms with Crippen LogP contribution in [-0.4, -0.2) is 22.9 Å². The van der Waals surface area contributed by atoms with Gasteiger partial charge in [0.15, 0.2) is 0 Å². The molecule has 0 heterocycles. The average molecular weight is 181 g/mol. The van der Waals surface area contributed by atoms with Crippen LogP contribution >= 0.6 is 0 Å². The number of rotatable bonds is 3. The maximum absolute atomic E-state index is 10.3. The van der Waals surface area contributed by atoms with Gasteiger partial charge in [0.25, 0.3) is 0 Å². The van der Waals surface area contributed by atoms with E-state index in [1.807, 2.05) is 6.07 Å². The van der Waals surface area contributed by atoms with Gasteiger partial charge in [0, 0.05) is 0 Å². The van der Waals surface area contributed by atoms with E-state index in [2.05, 4.69) is 5.32 Å². The molecule has 0 aromatic heterocycles. The van der Waals surface area contributed by atoms with E-state index in [4.69, 9.17) is 10.2 Å². The first-order chi connectivity index (χ1) is 6.24. The molecule has 0 bridgehead atoms. The van der Waals surface area contributed by atoms with Crippen molar-refractivity contribution in [2.45, 2.75) is 6.04 Å². The SMILES string of the molecule is O=C(O)N[C@@H](CO)c1ccccc1. The molecule has 4 nitrogen and oxygen atoms in total. The van der Waals surface area contributed by atoms with Gasteiger partial charge in [0.05, 0.1) is 12.6 Å². The first-order valence-corrected chi connectivity index (χ1v) is 3.89. The minimum absolute atomic E-state index is 0.240. The number of carboxylic acid groups (broad SMARTS) is 1. The number of hydrogen-bond donors (Lipinski definition) is 3. The fourth-order valence-electron chi connectivity index (χ4n) is 1.07. The molecule has 3 N–H and O–H groups in total. The molecule has 0 saturated heterocycles. The van der Waals surface area contributed by atoms with Gasteiger partial charge in [-0.1, -0.05) is 30.3 Å². The zero-order valence-electron chi connectivity index (χ0n) is 6.97. The molecule has 0 radical (unpaired) electrons. The minimum Gasteiger partial charge on any atom is -0.465 e. The number of aliphatic hydroxyl groups is 1. The van der Waals surface area contributed by atoms with Gasteiger partial charge in [0.1, 0.15) is 0 Å². The summed E-state index contributed by atoms with van der Waals surface area (Å²) in [4.78, 5) is 10.3. The Kier molecular flexibility index (Phi) is 3.28. The van der Waals surface area contributed by atoms with E-state index >= 15 is 0 Å². The van der Waals surface area contributed by atoms with E-state index in [0.29, 0.717) is 0 Å². The quantitative estimate of drug-likeness (QED) is 0.651. The third kappa shape index (κ3) is 2.76. The minimum atomic E-state index is -1.14. The smallest absolute Gasteiger partial charge is 0.405 e. The van der Waals surface area contributed by atoms with Gasteiger partial charge < -0.3 is 15.5 Å². The van der Waals surface area contributed by atoms with Crippen LogP contribution in [0.1, 0.15) is 11.6 Å². The summed E-state index contributed by atoms with van der Waals surface area (Å²) in [6.45, 7) is -0.240. The largest absolute Gasteiger partial charge is 0.465 e. The Hall–Kier alpha value is -1.55. The van der Waals surface area contributed by atoms with E-state index in [1.54, 1.807) is 24.3 Å². The fourth-order valence-corrected chi connectivity index (χ4v) is 1.07. The Morgan fingerprint density at radius 3 is 2.46 bits per heavy atom. The van der Waals surface area contributed by atoms with Crippen molar-refractivity contribution in [3.8, 4) is 0 Å². The van der Waals surface area contributed by atoms with Crippen molar-refractivity contribution in [1.82, 2.24) is 5.32 Å². The van der Waals surface area contributed by atoms with Crippen molar-refractivity contribution < 1.29 is 15.0 Å². The summed E-state index contributed by atoms with van der Waals surface area (Å²) in [7, 11) is 0. The molecule has 1 aromatic rings. The van der Waals surface area contributed by atoms with Crippen molar-refractivity contribution in [2.75, 3.05) is 6.61 Å². The first kappa shape index (κ1) is 9.54. The van der Waals surface area contributed by atoms with Crippen molar-refractivity contribution in [1.29, 1.82) is 0 Å². The second-order valence-electron chi connectivity index (χ2n) is 2.60. The molecule has 13 heavy (non-hydrogen) atoms. The molecular formula is C9H11NO3. The number of amides is 1. The van der Waals surface area contributed by atoms with Crippen LogP contribution in [0.15, 0.2) is 30.3 Å². The summed E-state index contributed by atoms with van der Waals surface area (Å²) in [6.07, 6.45) is -1.14. The third-order valence-electron chi connectivity index (χ3n) is 1.68. The molecule has 0 aliphatic rings. The molecule has 0 spiro atoms. The third-order valence-corrected chi connectivity index (χ3v) is 1.68. The van der Waals surface area contributed by atoms with Gasteiger partial charge in [-0.05, 0) is 5.56 Å². The number of nitrogens with one attached hydrogen (secondary N) is 1. The standard InChI is InChI=1S/C9H11NO3/c11-6-8(10-9(12)13)7-4-2-1-3-5-7/h1-5,8,10-11H,6H2,(H,12,13)/t8-/m0/s1. The van der Waals surface area contributed by atoms with Crippen LogP contribution < -0.4 is 5.32 Å². The molecule has 1 aromatic carbocycles. The Balaban J connectivity index is 2.73. The highest BCUT2D eigenvalue weighted by Gasteiger charge is 2.11. The summed E-state index contributed by atoms with van der Waals surface area (Å²) in [5.74, 6) is 0. The molecule has 1 atom stereocenters. The molecule has 0 unspecified atom stereocenters. The van der Waals surface area contributed by atoms with Crippen LogP contribution in [0, 0.1) is 0 Å². The van der Waals surface area contributed by atoms with Crippen molar-refractivity contribution in [3.63, 3.8) is 0 Å². The maximum atomic E-state index is 10.3. The predicted molar refractivity (Wildman–Crippen MR) is 47.4 cm³/mol. The van der Waals surface area contributed by atoms with Gasteiger partial charge in [0.2, 0.25) is 0 Å². The van der Waals surface area contributed by atoms with E-state index in [-0.39, 0.29) is 6.61 Å². The lowest BCUT2D eigenvalue weighted by Crippen LogP contribution is -2.29. The zero-order chi connectivity index (χ0) is 9.68. The predicted octanol–water partition coefficient (Wildman–Crippen LogP) is 0.988. The molecule has 1 rings (SSSR count). The highest BCUT2D eigenvalue weighted by atomic mass is 16.4. The van der Waals surface area contributed by atoms with Crippen LogP contribution in [-0.2, 0) is 0 Å². The number of benzene rings is 1. The van der Waals surface area contributed by atoms with Gasteiger partial charge in [-0.25, -0.2) is 4.79 Å². The second kappa shape index (κ2) is 4.47. The van der Waals surface area contributed by atoms with Gasteiger partial charge in [-0.15, -0.1) is 0 Å². The molecule has 0 aliphatic carbocycles. The summed E-state index contributed by atoms with van der Waals surface area (Å²) in [6, 6.07) is 8.40. The molecule has 4 heteroatoms. The van der Waals surface area contributed by atoms with Crippen molar-refractivity contribution >= 4 is 6.09 Å². The van der Waals surface area contributed by atoms with E-state index in [0.717, 1.165) is 5.56 Å². The summed E-state index contributed by atoms with van der Waals surface area (Å²) in [5, 5.41) is 19.6. The Morgan fingerprint density at radius 1 is 1.38 bits per heavy atom. The lowest BCUT2D eigenvalue weighted by molar-refractivity contribution is 0.177. The highest BCUT2D eigenvalue weighted by Crippen LogP contribution is 2.10. The first-order valence-electron chi connectivity index (χ1n) is 3.89. The van der Waals surface area contributed by atoms with Crippen LogP contribution in [0.3, 0.4) is 0 Å². The molecule has 0 aliphatic heterocycles.